The molecule has 29 heavy (non-hydrogen) atoms. The minimum Gasteiger partial charge on any atom is -0.322 e. The van der Waals surface area contributed by atoms with E-state index in [0.717, 1.165) is 23.9 Å². The van der Waals surface area contributed by atoms with Gasteiger partial charge in [0.15, 0.2) is 11.5 Å². The molecule has 1 fully saturated rings. The van der Waals surface area contributed by atoms with Gasteiger partial charge in [0, 0.05) is 11.6 Å². The van der Waals surface area contributed by atoms with Crippen molar-refractivity contribution in [1.82, 2.24) is 19.5 Å². The van der Waals surface area contributed by atoms with Gasteiger partial charge < -0.3 is 4.57 Å². The second kappa shape index (κ2) is 7.12. The lowest BCUT2D eigenvalue weighted by Crippen LogP contribution is -2.29. The van der Waals surface area contributed by atoms with Crippen LogP contribution in [0.2, 0.25) is 5.02 Å². The van der Waals surface area contributed by atoms with E-state index in [4.69, 9.17) is 11.6 Å². The fourth-order valence-corrected chi connectivity index (χ4v) is 3.93. The Morgan fingerprint density at radius 3 is 2.62 bits per heavy atom. The zero-order valence-electron chi connectivity index (χ0n) is 15.7. The van der Waals surface area contributed by atoms with Crippen LogP contribution in [0.1, 0.15) is 36.3 Å². The van der Waals surface area contributed by atoms with Crippen LogP contribution in [0.4, 0.5) is 0 Å². The predicted octanol–water partition coefficient (Wildman–Crippen LogP) is 3.75. The van der Waals surface area contributed by atoms with Crippen LogP contribution < -0.4 is 11.2 Å². The van der Waals surface area contributed by atoms with Gasteiger partial charge in [0.2, 0.25) is 0 Å². The van der Waals surface area contributed by atoms with E-state index in [2.05, 4.69) is 27.1 Å². The first kappa shape index (κ1) is 18.1. The lowest BCUT2D eigenvalue weighted by Gasteiger charge is -2.17. The van der Waals surface area contributed by atoms with Gasteiger partial charge in [0.25, 0.3) is 5.56 Å². The van der Waals surface area contributed by atoms with Crippen molar-refractivity contribution in [3.8, 4) is 11.5 Å². The summed E-state index contributed by atoms with van der Waals surface area (Å²) in [5.41, 5.74) is 3.15. The Hall–Kier alpha value is -2.99. The van der Waals surface area contributed by atoms with Crippen molar-refractivity contribution in [1.29, 1.82) is 0 Å². The molecule has 6 nitrogen and oxygen atoms in total. The van der Waals surface area contributed by atoms with Crippen LogP contribution in [0.25, 0.3) is 22.6 Å². The van der Waals surface area contributed by atoms with Crippen LogP contribution >= 0.6 is 11.6 Å². The third-order valence-corrected chi connectivity index (χ3v) is 5.69. The van der Waals surface area contributed by atoms with E-state index in [-0.39, 0.29) is 5.69 Å². The Labute approximate surface area is 171 Å². The van der Waals surface area contributed by atoms with E-state index < -0.39 is 11.2 Å². The molecule has 5 rings (SSSR count). The molecule has 0 saturated heterocycles. The maximum atomic E-state index is 12.4. The van der Waals surface area contributed by atoms with Gasteiger partial charge in [-0.15, -0.1) is 0 Å². The van der Waals surface area contributed by atoms with Crippen molar-refractivity contribution in [3.05, 3.63) is 79.5 Å². The van der Waals surface area contributed by atoms with Crippen molar-refractivity contribution >= 4 is 22.6 Å². The highest BCUT2D eigenvalue weighted by atomic mass is 35.5. The minimum absolute atomic E-state index is 0.205. The summed E-state index contributed by atoms with van der Waals surface area (Å²) in [6.07, 6.45) is 4.07. The van der Waals surface area contributed by atoms with Crippen molar-refractivity contribution in [2.45, 2.75) is 38.1 Å². The van der Waals surface area contributed by atoms with Gasteiger partial charge in [-0.2, -0.15) is 4.98 Å². The van der Waals surface area contributed by atoms with Crippen LogP contribution in [0, 0.1) is 0 Å². The van der Waals surface area contributed by atoms with Gasteiger partial charge in [0.1, 0.15) is 0 Å². The van der Waals surface area contributed by atoms with Gasteiger partial charge in [-0.3, -0.25) is 9.78 Å². The Balaban J connectivity index is 1.57. The summed E-state index contributed by atoms with van der Waals surface area (Å²) in [5.74, 6) is 0.928. The molecule has 0 aromatic heterocycles. The van der Waals surface area contributed by atoms with Crippen molar-refractivity contribution in [2.24, 2.45) is 0 Å². The molecule has 0 bridgehead atoms. The molecule has 2 aliphatic heterocycles. The SMILES string of the molecule is O=c1nc2n(CCCc3ccc(Cl)cc3)c3ccc(C4CC4)cc3nc-2c(=O)[nH]1. The van der Waals surface area contributed by atoms with Gasteiger partial charge >= 0.3 is 5.69 Å². The van der Waals surface area contributed by atoms with Gasteiger partial charge in [-0.1, -0.05) is 29.8 Å². The van der Waals surface area contributed by atoms with Crippen LogP contribution in [0.5, 0.6) is 0 Å². The second-order valence-corrected chi connectivity index (χ2v) is 8.00. The summed E-state index contributed by atoms with van der Waals surface area (Å²) in [6.45, 7) is 0.622. The molecule has 2 aromatic rings. The van der Waals surface area contributed by atoms with Gasteiger partial charge in [-0.25, -0.2) is 9.78 Å². The Morgan fingerprint density at radius 1 is 1.07 bits per heavy atom. The maximum absolute atomic E-state index is 12.4. The van der Waals surface area contributed by atoms with Gasteiger partial charge in [0.05, 0.1) is 11.0 Å². The molecule has 1 aliphatic carbocycles. The predicted molar refractivity (Wildman–Crippen MR) is 113 cm³/mol. The van der Waals surface area contributed by atoms with Gasteiger partial charge in [-0.05, 0) is 67.0 Å². The van der Waals surface area contributed by atoms with E-state index in [9.17, 15) is 9.59 Å². The number of nitrogens with one attached hydrogen (secondary N) is 1. The first-order valence-corrected chi connectivity index (χ1v) is 10.2. The minimum atomic E-state index is -0.648. The van der Waals surface area contributed by atoms with E-state index in [1.807, 2.05) is 34.9 Å². The molecule has 0 amide bonds. The molecule has 0 radical (unpaired) electrons. The summed E-state index contributed by atoms with van der Waals surface area (Å²) in [7, 11) is 0. The first-order chi connectivity index (χ1) is 14.1. The van der Waals surface area contributed by atoms with Crippen molar-refractivity contribution in [2.75, 3.05) is 0 Å². The van der Waals surface area contributed by atoms with E-state index >= 15 is 0 Å². The number of halogens is 1. The number of benzene rings is 2. The normalized spacial score (nSPS) is 14.0. The highest BCUT2D eigenvalue weighted by Gasteiger charge is 2.25. The molecule has 1 N–H and O–H groups in total. The fourth-order valence-electron chi connectivity index (χ4n) is 3.81. The lowest BCUT2D eigenvalue weighted by molar-refractivity contribution is 0.649. The molecule has 7 heteroatoms. The van der Waals surface area contributed by atoms with Crippen molar-refractivity contribution < 1.29 is 0 Å². The number of rotatable bonds is 5. The van der Waals surface area contributed by atoms with Crippen molar-refractivity contribution in [3.63, 3.8) is 0 Å². The number of nitrogens with zero attached hydrogens (tertiary/aromatic N) is 3. The Morgan fingerprint density at radius 2 is 1.86 bits per heavy atom. The summed E-state index contributed by atoms with van der Waals surface area (Å²) in [6, 6.07) is 14.0. The van der Waals surface area contributed by atoms with E-state index in [0.29, 0.717) is 23.3 Å². The number of aromatic amines is 1. The monoisotopic (exact) mass is 406 g/mol. The molecule has 2 aromatic carbocycles. The molecule has 0 spiro atoms. The summed E-state index contributed by atoms with van der Waals surface area (Å²) in [4.78, 5) is 35.1. The number of H-pyrrole nitrogens is 1. The van der Waals surface area contributed by atoms with E-state index in [1.54, 1.807) is 0 Å². The van der Waals surface area contributed by atoms with Crippen LogP contribution in [0.15, 0.2) is 52.1 Å². The van der Waals surface area contributed by atoms with Crippen LogP contribution in [0.3, 0.4) is 0 Å². The topological polar surface area (TPSA) is 80.6 Å². The van der Waals surface area contributed by atoms with Crippen LogP contribution in [-0.2, 0) is 13.0 Å². The van der Waals surface area contributed by atoms with E-state index in [1.165, 1.54) is 24.0 Å². The smallest absolute Gasteiger partial charge is 0.322 e. The maximum Gasteiger partial charge on any atom is 0.349 e. The second-order valence-electron chi connectivity index (χ2n) is 7.56. The molecule has 146 valence electrons. The average Bonchev–Trinajstić information content (AvgIpc) is 3.54. The first-order valence-electron chi connectivity index (χ1n) is 9.77. The molecule has 3 aliphatic rings. The molecule has 0 unspecified atom stereocenters. The quantitative estimate of drug-likeness (QED) is 0.512. The number of aromatic nitrogens is 4. The Kier molecular flexibility index (Phi) is 4.43. The number of hydrogen-bond donors (Lipinski definition) is 1. The number of fused-ring (bicyclic) bond motifs is 2. The molecule has 0 atom stereocenters. The fraction of sp³-hybridized carbons (Fsp3) is 0.273. The highest BCUT2D eigenvalue weighted by Crippen LogP contribution is 2.41. The Bertz CT molecular complexity index is 1290. The lowest BCUT2D eigenvalue weighted by atomic mass is 10.1. The third-order valence-electron chi connectivity index (χ3n) is 5.44. The van der Waals surface area contributed by atoms with Crippen LogP contribution in [-0.4, -0.2) is 19.5 Å². The molecular weight excluding hydrogens is 388 g/mol. The third kappa shape index (κ3) is 3.56. The zero-order valence-corrected chi connectivity index (χ0v) is 16.4. The summed E-state index contributed by atoms with van der Waals surface area (Å²) >= 11 is 5.96. The number of hydrogen-bond acceptors (Lipinski definition) is 4. The highest BCUT2D eigenvalue weighted by molar-refractivity contribution is 6.30. The molecular formula is C22H19ClN4O2. The molecule has 2 heterocycles. The largest absolute Gasteiger partial charge is 0.349 e. The molecule has 1 saturated carbocycles. The number of aryl methyl sites for hydroxylation is 2. The zero-order chi connectivity index (χ0) is 20.0. The standard InChI is InChI=1S/C22H19ClN4O2/c23-16-8-3-13(4-9-16)2-1-11-27-18-10-7-15(14-5-6-14)12-17(18)24-19-20(27)25-22(29)26-21(19)28/h3-4,7-10,12,14H,1-2,5-6,11H2,(H,26,28,29). The summed E-state index contributed by atoms with van der Waals surface area (Å²) < 4.78 is 1.95. The average molecular weight is 407 g/mol. The summed E-state index contributed by atoms with van der Waals surface area (Å²) in [5, 5.41) is 0.715.